The number of ether oxygens (including phenoxy) is 1. The molecule has 4 aromatic rings. The fraction of sp³-hybridized carbons (Fsp3) is 0.200. The van der Waals surface area contributed by atoms with Gasteiger partial charge in [-0.3, -0.25) is 4.79 Å². The maximum absolute atomic E-state index is 12.7. The van der Waals surface area contributed by atoms with Crippen LogP contribution in [0.5, 0.6) is 0 Å². The van der Waals surface area contributed by atoms with E-state index in [2.05, 4.69) is 20.9 Å². The number of para-hydroxylation sites is 1. The van der Waals surface area contributed by atoms with Crippen molar-refractivity contribution in [2.75, 3.05) is 31.2 Å². The zero-order valence-corrected chi connectivity index (χ0v) is 15.2. The van der Waals surface area contributed by atoms with Crippen molar-refractivity contribution in [3.05, 3.63) is 58.9 Å². The Hall–Kier alpha value is -2.83. The molecule has 0 radical (unpaired) electrons. The molecule has 2 aromatic heterocycles. The third kappa shape index (κ3) is 2.78. The number of morpholine rings is 1. The number of halogens is 1. The molecule has 1 saturated heterocycles. The second-order valence-electron chi connectivity index (χ2n) is 6.59. The van der Waals surface area contributed by atoms with Crippen LogP contribution in [0, 0.1) is 0 Å². The summed E-state index contributed by atoms with van der Waals surface area (Å²) >= 11 is 6.25. The Balaban J connectivity index is 1.62. The molecule has 1 aliphatic rings. The number of aromatic amines is 1. The van der Waals surface area contributed by atoms with Crippen molar-refractivity contribution in [3.63, 3.8) is 0 Å². The highest BCUT2D eigenvalue weighted by molar-refractivity contribution is 6.19. The Labute approximate surface area is 160 Å². The number of nitrogens with zero attached hydrogens (tertiary/aromatic N) is 3. The van der Waals surface area contributed by atoms with Crippen molar-refractivity contribution in [1.82, 2.24) is 14.1 Å². The molecule has 136 valence electrons. The number of H-pyrrole nitrogens is 1. The molecule has 1 aliphatic heterocycles. The second-order valence-corrected chi connectivity index (χ2v) is 6.93. The van der Waals surface area contributed by atoms with Crippen molar-refractivity contribution in [3.8, 4) is 11.4 Å². The standard InChI is InChI=1S/C20H17ClN4O2/c21-25-18-4-2-1-3-13(18)11-15(20(25)26)19-22-16-6-5-14(12-17(16)23-19)24-7-9-27-10-8-24/h1-6,11-12H,7-10H2,(H,22,23). The van der Waals surface area contributed by atoms with E-state index in [1.54, 1.807) is 0 Å². The van der Waals surface area contributed by atoms with Crippen molar-refractivity contribution in [1.29, 1.82) is 0 Å². The number of aromatic nitrogens is 3. The average molecular weight is 381 g/mol. The van der Waals surface area contributed by atoms with Crippen LogP contribution in [0.1, 0.15) is 0 Å². The van der Waals surface area contributed by atoms with Crippen molar-refractivity contribution in [2.45, 2.75) is 0 Å². The maximum atomic E-state index is 12.7. The first-order valence-electron chi connectivity index (χ1n) is 8.84. The van der Waals surface area contributed by atoms with Crippen molar-refractivity contribution < 1.29 is 4.74 Å². The minimum Gasteiger partial charge on any atom is -0.378 e. The molecule has 0 unspecified atom stereocenters. The second kappa shape index (κ2) is 6.40. The lowest BCUT2D eigenvalue weighted by atomic mass is 10.1. The monoisotopic (exact) mass is 380 g/mol. The summed E-state index contributed by atoms with van der Waals surface area (Å²) in [6.07, 6.45) is 0. The van der Waals surface area contributed by atoms with Crippen LogP contribution in [-0.2, 0) is 4.74 Å². The Kier molecular flexibility index (Phi) is 3.88. The zero-order chi connectivity index (χ0) is 18.4. The molecule has 0 spiro atoms. The third-order valence-corrected chi connectivity index (χ3v) is 5.29. The number of hydrogen-bond acceptors (Lipinski definition) is 4. The van der Waals surface area contributed by atoms with E-state index in [0.717, 1.165) is 52.5 Å². The molecular formula is C20H17ClN4O2. The molecule has 0 saturated carbocycles. The number of fused-ring (bicyclic) bond motifs is 2. The predicted molar refractivity (Wildman–Crippen MR) is 108 cm³/mol. The van der Waals surface area contributed by atoms with Crippen LogP contribution in [0.2, 0.25) is 0 Å². The van der Waals surface area contributed by atoms with Crippen LogP contribution in [0.25, 0.3) is 33.3 Å². The van der Waals surface area contributed by atoms with Gasteiger partial charge in [0, 0.05) is 35.9 Å². The number of rotatable bonds is 2. The highest BCUT2D eigenvalue weighted by atomic mass is 35.5. The largest absolute Gasteiger partial charge is 0.378 e. The molecule has 5 rings (SSSR count). The lowest BCUT2D eigenvalue weighted by molar-refractivity contribution is 0.122. The van der Waals surface area contributed by atoms with E-state index in [0.29, 0.717) is 16.9 Å². The number of nitrogens with one attached hydrogen (secondary N) is 1. The van der Waals surface area contributed by atoms with Gasteiger partial charge < -0.3 is 14.6 Å². The number of imidazole rings is 1. The van der Waals surface area contributed by atoms with E-state index in [1.807, 2.05) is 42.5 Å². The number of hydrogen-bond donors (Lipinski definition) is 1. The van der Waals surface area contributed by atoms with E-state index < -0.39 is 0 Å². The lowest BCUT2D eigenvalue weighted by Crippen LogP contribution is -2.36. The first kappa shape index (κ1) is 16.4. The van der Waals surface area contributed by atoms with Gasteiger partial charge in [-0.15, -0.1) is 0 Å². The predicted octanol–water partition coefficient (Wildman–Crippen LogP) is 3.38. The molecule has 0 bridgehead atoms. The van der Waals surface area contributed by atoms with Crippen molar-refractivity contribution >= 4 is 39.4 Å². The Morgan fingerprint density at radius 3 is 2.74 bits per heavy atom. The van der Waals surface area contributed by atoms with E-state index in [9.17, 15) is 4.79 Å². The molecule has 0 aliphatic carbocycles. The van der Waals surface area contributed by atoms with Gasteiger partial charge in [0.25, 0.3) is 5.56 Å². The van der Waals surface area contributed by atoms with E-state index in [1.165, 1.54) is 0 Å². The van der Waals surface area contributed by atoms with E-state index in [4.69, 9.17) is 16.5 Å². The first-order valence-corrected chi connectivity index (χ1v) is 9.18. The first-order chi connectivity index (χ1) is 13.2. The zero-order valence-electron chi connectivity index (χ0n) is 14.5. The van der Waals surface area contributed by atoms with Gasteiger partial charge in [-0.05, 0) is 30.3 Å². The SMILES string of the molecule is O=c1c(-c2nc3cc(N4CCOCC4)ccc3[nH]2)cc2ccccc2n1Cl. The highest BCUT2D eigenvalue weighted by Gasteiger charge is 2.16. The molecule has 6 nitrogen and oxygen atoms in total. The van der Waals surface area contributed by atoms with E-state index >= 15 is 0 Å². The van der Waals surface area contributed by atoms with Gasteiger partial charge in [-0.1, -0.05) is 18.2 Å². The third-order valence-electron chi connectivity index (χ3n) is 4.95. The molecule has 0 atom stereocenters. The summed E-state index contributed by atoms with van der Waals surface area (Å²) in [5.41, 5.74) is 3.66. The normalized spacial score (nSPS) is 14.9. The quantitative estimate of drug-likeness (QED) is 0.579. The van der Waals surface area contributed by atoms with Gasteiger partial charge in [0.1, 0.15) is 5.82 Å². The summed E-state index contributed by atoms with van der Waals surface area (Å²) in [5.74, 6) is 0.522. The summed E-state index contributed by atoms with van der Waals surface area (Å²) < 4.78 is 6.57. The average Bonchev–Trinajstić information content (AvgIpc) is 3.14. The Morgan fingerprint density at radius 2 is 1.89 bits per heavy atom. The molecule has 2 aromatic carbocycles. The molecule has 7 heteroatoms. The lowest BCUT2D eigenvalue weighted by Gasteiger charge is -2.28. The van der Waals surface area contributed by atoms with Crippen LogP contribution in [0.15, 0.2) is 53.3 Å². The van der Waals surface area contributed by atoms with Gasteiger partial charge >= 0.3 is 0 Å². The van der Waals surface area contributed by atoms with E-state index in [-0.39, 0.29) is 5.56 Å². The topological polar surface area (TPSA) is 63.2 Å². The van der Waals surface area contributed by atoms with Gasteiger partial charge in [-0.25, -0.2) is 9.07 Å². The number of anilines is 1. The fourth-order valence-electron chi connectivity index (χ4n) is 3.53. The Morgan fingerprint density at radius 1 is 1.07 bits per heavy atom. The van der Waals surface area contributed by atoms with Crippen LogP contribution in [0.4, 0.5) is 5.69 Å². The summed E-state index contributed by atoms with van der Waals surface area (Å²) in [4.78, 5) is 22.9. The summed E-state index contributed by atoms with van der Waals surface area (Å²) in [6.45, 7) is 3.20. The maximum Gasteiger partial charge on any atom is 0.276 e. The smallest absolute Gasteiger partial charge is 0.276 e. The highest BCUT2D eigenvalue weighted by Crippen LogP contribution is 2.25. The van der Waals surface area contributed by atoms with Gasteiger partial charge in [0.05, 0.1) is 35.3 Å². The summed E-state index contributed by atoms with van der Waals surface area (Å²) in [6, 6.07) is 15.5. The molecule has 1 N–H and O–H groups in total. The molecule has 3 heterocycles. The number of pyridine rings is 1. The van der Waals surface area contributed by atoms with Gasteiger partial charge in [0.15, 0.2) is 0 Å². The summed E-state index contributed by atoms with van der Waals surface area (Å²) in [5, 5.41) is 0.886. The Bertz CT molecular complexity index is 1210. The number of benzene rings is 2. The van der Waals surface area contributed by atoms with Crippen LogP contribution >= 0.6 is 11.8 Å². The molecular weight excluding hydrogens is 364 g/mol. The van der Waals surface area contributed by atoms with Gasteiger partial charge in [-0.2, -0.15) is 0 Å². The molecule has 1 fully saturated rings. The minimum absolute atomic E-state index is 0.289. The van der Waals surface area contributed by atoms with Crippen LogP contribution < -0.4 is 10.5 Å². The molecule has 27 heavy (non-hydrogen) atoms. The van der Waals surface area contributed by atoms with Crippen LogP contribution in [-0.4, -0.2) is 40.4 Å². The van der Waals surface area contributed by atoms with Gasteiger partial charge in [0.2, 0.25) is 0 Å². The minimum atomic E-state index is -0.289. The van der Waals surface area contributed by atoms with Crippen LogP contribution in [0.3, 0.4) is 0 Å². The van der Waals surface area contributed by atoms with Crippen molar-refractivity contribution in [2.24, 2.45) is 0 Å². The summed E-state index contributed by atoms with van der Waals surface area (Å²) in [7, 11) is 0. The fourth-order valence-corrected chi connectivity index (χ4v) is 3.78. The molecule has 0 amide bonds.